The summed E-state index contributed by atoms with van der Waals surface area (Å²) in [4.78, 5) is 13.6. The van der Waals surface area contributed by atoms with Crippen molar-refractivity contribution in [2.75, 3.05) is 11.9 Å². The van der Waals surface area contributed by atoms with E-state index in [1.165, 1.54) is 20.8 Å². The molecule has 3 heterocycles. The first kappa shape index (κ1) is 15.4. The number of rotatable bonds is 6. The van der Waals surface area contributed by atoms with Gasteiger partial charge in [-0.15, -0.1) is 11.3 Å². The summed E-state index contributed by atoms with van der Waals surface area (Å²) in [6.07, 6.45) is 3.72. The fourth-order valence-corrected chi connectivity index (χ4v) is 4.40. The number of aromatic nitrogens is 3. The Morgan fingerprint density at radius 1 is 1.25 bits per heavy atom. The maximum absolute atomic E-state index is 4.66. The smallest absolute Gasteiger partial charge is 0.183 e. The number of fused-ring (bicyclic) bond motifs is 1. The molecule has 122 valence electrons. The molecule has 4 nitrogen and oxygen atoms in total. The molecule has 0 aliphatic rings. The van der Waals surface area contributed by atoms with E-state index in [1.54, 1.807) is 29.0 Å². The van der Waals surface area contributed by atoms with Gasteiger partial charge in [0.1, 0.15) is 5.69 Å². The molecule has 0 fully saturated rings. The van der Waals surface area contributed by atoms with E-state index in [-0.39, 0.29) is 0 Å². The Morgan fingerprint density at radius 3 is 3.04 bits per heavy atom. The van der Waals surface area contributed by atoms with Crippen LogP contribution in [0.3, 0.4) is 0 Å². The van der Waals surface area contributed by atoms with Gasteiger partial charge in [0.15, 0.2) is 5.13 Å². The predicted octanol–water partition coefficient (Wildman–Crippen LogP) is 4.96. The van der Waals surface area contributed by atoms with E-state index in [2.05, 4.69) is 62.9 Å². The molecule has 0 bridgehead atoms. The number of anilines is 1. The van der Waals surface area contributed by atoms with Crippen LogP contribution in [-0.2, 0) is 12.8 Å². The molecule has 2 N–H and O–H groups in total. The fourth-order valence-electron chi connectivity index (χ4n) is 2.70. The number of aryl methyl sites for hydroxylation is 1. The number of H-pyrrole nitrogens is 1. The number of nitrogens with zero attached hydrogens (tertiary/aromatic N) is 2. The zero-order valence-corrected chi connectivity index (χ0v) is 15.0. The first-order valence-electron chi connectivity index (χ1n) is 8.03. The molecule has 0 aliphatic heterocycles. The average Bonchev–Trinajstić information content (AvgIpc) is 3.33. The summed E-state index contributed by atoms with van der Waals surface area (Å²) in [5.41, 5.74) is 4.65. The van der Waals surface area contributed by atoms with Gasteiger partial charge in [-0.25, -0.2) is 9.97 Å². The highest BCUT2D eigenvalue weighted by atomic mass is 32.1. The molecule has 1 aromatic carbocycles. The van der Waals surface area contributed by atoms with Crippen LogP contribution in [0.2, 0.25) is 0 Å². The summed E-state index contributed by atoms with van der Waals surface area (Å²) < 4.78 is 1.25. The third-order valence-electron chi connectivity index (χ3n) is 3.99. The Hall–Kier alpha value is -2.18. The molecular weight excluding hydrogens is 336 g/mol. The lowest BCUT2D eigenvalue weighted by atomic mass is 10.2. The van der Waals surface area contributed by atoms with Crippen molar-refractivity contribution in [3.63, 3.8) is 0 Å². The van der Waals surface area contributed by atoms with Crippen molar-refractivity contribution in [3.05, 3.63) is 53.3 Å². The summed E-state index contributed by atoms with van der Waals surface area (Å²) in [6, 6.07) is 10.7. The molecule has 0 amide bonds. The number of hydrogen-bond donors (Lipinski definition) is 2. The minimum atomic E-state index is 0.834. The van der Waals surface area contributed by atoms with Gasteiger partial charge in [0.2, 0.25) is 0 Å². The third kappa shape index (κ3) is 3.07. The molecule has 0 saturated heterocycles. The molecule has 4 rings (SSSR count). The number of thiazole rings is 1. The van der Waals surface area contributed by atoms with Crippen molar-refractivity contribution in [2.24, 2.45) is 0 Å². The van der Waals surface area contributed by atoms with Gasteiger partial charge in [-0.05, 0) is 35.6 Å². The van der Waals surface area contributed by atoms with E-state index in [0.717, 1.165) is 35.7 Å². The molecule has 0 atom stereocenters. The summed E-state index contributed by atoms with van der Waals surface area (Å²) in [6.45, 7) is 3.01. The van der Waals surface area contributed by atoms with Gasteiger partial charge in [0.05, 0.1) is 21.4 Å². The number of imidazole rings is 1. The monoisotopic (exact) mass is 354 g/mol. The molecule has 0 radical (unpaired) electrons. The Balaban J connectivity index is 1.44. The molecule has 6 heteroatoms. The molecule has 0 aliphatic carbocycles. The first-order chi connectivity index (χ1) is 11.8. The maximum Gasteiger partial charge on any atom is 0.183 e. The number of thiophene rings is 1. The van der Waals surface area contributed by atoms with Crippen LogP contribution in [0, 0.1) is 0 Å². The molecule has 0 spiro atoms. The highest BCUT2D eigenvalue weighted by Crippen LogP contribution is 2.28. The van der Waals surface area contributed by atoms with Crippen molar-refractivity contribution >= 4 is 38.0 Å². The van der Waals surface area contributed by atoms with Crippen LogP contribution in [0.15, 0.2) is 42.0 Å². The maximum atomic E-state index is 4.66. The number of nitrogens with one attached hydrogen (secondary N) is 2. The van der Waals surface area contributed by atoms with E-state index >= 15 is 0 Å². The quantitative estimate of drug-likeness (QED) is 0.514. The van der Waals surface area contributed by atoms with Crippen molar-refractivity contribution in [1.29, 1.82) is 0 Å². The first-order valence-corrected chi connectivity index (χ1v) is 9.72. The summed E-state index contributed by atoms with van der Waals surface area (Å²) in [5.74, 6) is 0. The van der Waals surface area contributed by atoms with Crippen LogP contribution in [0.4, 0.5) is 5.13 Å². The van der Waals surface area contributed by atoms with Gasteiger partial charge in [-0.2, -0.15) is 0 Å². The molecule has 4 aromatic rings. The van der Waals surface area contributed by atoms with E-state index in [9.17, 15) is 0 Å². The zero-order valence-electron chi connectivity index (χ0n) is 13.4. The third-order valence-corrected chi connectivity index (χ3v) is 5.84. The Kier molecular flexibility index (Phi) is 4.32. The molecule has 3 aromatic heterocycles. The Labute approximate surface area is 148 Å². The molecule has 24 heavy (non-hydrogen) atoms. The van der Waals surface area contributed by atoms with Crippen molar-refractivity contribution in [1.82, 2.24) is 15.0 Å². The van der Waals surface area contributed by atoms with Gasteiger partial charge in [-0.3, -0.25) is 0 Å². The topological polar surface area (TPSA) is 53.6 Å². The fraction of sp³-hybridized carbons (Fsp3) is 0.222. The number of benzene rings is 1. The Bertz CT molecular complexity index is 937. The largest absolute Gasteiger partial charge is 0.361 e. The lowest BCUT2D eigenvalue weighted by Gasteiger charge is -2.02. The van der Waals surface area contributed by atoms with Crippen LogP contribution in [0.1, 0.15) is 18.2 Å². The van der Waals surface area contributed by atoms with Crippen LogP contribution in [0.25, 0.3) is 20.8 Å². The van der Waals surface area contributed by atoms with E-state index in [4.69, 9.17) is 0 Å². The lowest BCUT2D eigenvalue weighted by Crippen LogP contribution is -2.05. The second-order valence-corrected chi connectivity index (χ2v) is 7.54. The van der Waals surface area contributed by atoms with Crippen LogP contribution in [-0.4, -0.2) is 21.5 Å². The zero-order chi connectivity index (χ0) is 16.4. The van der Waals surface area contributed by atoms with Crippen LogP contribution >= 0.6 is 22.7 Å². The van der Waals surface area contributed by atoms with Crippen molar-refractivity contribution in [2.45, 2.75) is 19.8 Å². The van der Waals surface area contributed by atoms with E-state index < -0.39 is 0 Å². The number of aromatic amines is 1. The second-order valence-electron chi connectivity index (χ2n) is 5.56. The van der Waals surface area contributed by atoms with Gasteiger partial charge in [0.25, 0.3) is 0 Å². The molecule has 0 unspecified atom stereocenters. The highest BCUT2D eigenvalue weighted by molar-refractivity contribution is 7.22. The van der Waals surface area contributed by atoms with E-state index in [0.29, 0.717) is 0 Å². The SMILES string of the molecule is CCc1ccc2nc(NCCc3[nH]cnc3-c3cccs3)sc2c1. The normalized spacial score (nSPS) is 11.2. The van der Waals surface area contributed by atoms with Gasteiger partial charge in [0, 0.05) is 18.7 Å². The summed E-state index contributed by atoms with van der Waals surface area (Å²) in [7, 11) is 0. The second kappa shape index (κ2) is 6.75. The van der Waals surface area contributed by atoms with Crippen molar-refractivity contribution < 1.29 is 0 Å². The van der Waals surface area contributed by atoms with Gasteiger partial charge < -0.3 is 10.3 Å². The summed E-state index contributed by atoms with van der Waals surface area (Å²) >= 11 is 3.44. The predicted molar refractivity (Wildman–Crippen MR) is 103 cm³/mol. The van der Waals surface area contributed by atoms with Gasteiger partial charge in [-0.1, -0.05) is 30.4 Å². The molecular formula is C18H18N4S2. The molecule has 0 saturated carbocycles. The number of hydrogen-bond acceptors (Lipinski definition) is 5. The minimum absolute atomic E-state index is 0.834. The van der Waals surface area contributed by atoms with Crippen molar-refractivity contribution in [3.8, 4) is 10.6 Å². The van der Waals surface area contributed by atoms with Crippen LogP contribution < -0.4 is 5.32 Å². The standard InChI is InChI=1S/C18H18N4S2/c1-2-12-5-6-13-16(10-12)24-18(22-13)19-8-7-14-17(21-11-20-14)15-4-3-9-23-15/h3-6,9-11H,2,7-8H2,1H3,(H,19,22)(H,20,21). The van der Waals surface area contributed by atoms with Crippen LogP contribution in [0.5, 0.6) is 0 Å². The lowest BCUT2D eigenvalue weighted by molar-refractivity contribution is 0.977. The highest BCUT2D eigenvalue weighted by Gasteiger charge is 2.09. The Morgan fingerprint density at radius 2 is 2.21 bits per heavy atom. The minimum Gasteiger partial charge on any atom is -0.361 e. The van der Waals surface area contributed by atoms with Gasteiger partial charge >= 0.3 is 0 Å². The average molecular weight is 355 g/mol. The summed E-state index contributed by atoms with van der Waals surface area (Å²) in [5, 5.41) is 6.51. The van der Waals surface area contributed by atoms with E-state index in [1.807, 2.05) is 0 Å².